The minimum Gasteiger partial charge on any atom is -0.462 e. The van der Waals surface area contributed by atoms with Gasteiger partial charge in [0.05, 0.1) is 0 Å². The molecule has 402 valence electrons. The van der Waals surface area contributed by atoms with Gasteiger partial charge < -0.3 is 14.2 Å². The van der Waals surface area contributed by atoms with Gasteiger partial charge in [0.2, 0.25) is 0 Å². The molecule has 0 aromatic heterocycles. The number of allylic oxidation sites excluding steroid dienone is 32. The fraction of sp³-hybridized carbons (Fsp3) is 0.478. The predicted molar refractivity (Wildman–Crippen MR) is 315 cm³/mol. The smallest absolute Gasteiger partial charge is 0.306 e. The third-order valence-electron chi connectivity index (χ3n) is 10.6. The van der Waals surface area contributed by atoms with Crippen LogP contribution in [0.3, 0.4) is 0 Å². The first-order valence-electron chi connectivity index (χ1n) is 27.9. The summed E-state index contributed by atoms with van der Waals surface area (Å²) in [4.78, 5) is 38.1. The number of hydrogen-bond donors (Lipinski definition) is 0. The first-order chi connectivity index (χ1) is 36.0. The molecule has 0 rings (SSSR count). The maximum atomic E-state index is 12.8. The van der Waals surface area contributed by atoms with Gasteiger partial charge in [-0.15, -0.1) is 0 Å². The van der Waals surface area contributed by atoms with E-state index in [1.165, 1.54) is 0 Å². The minimum absolute atomic E-state index is 0.155. The zero-order chi connectivity index (χ0) is 52.9. The largest absolute Gasteiger partial charge is 0.462 e. The van der Waals surface area contributed by atoms with Crippen molar-refractivity contribution in [3.63, 3.8) is 0 Å². The Morgan fingerprint density at radius 3 is 0.836 bits per heavy atom. The van der Waals surface area contributed by atoms with Crippen molar-refractivity contribution in [2.24, 2.45) is 0 Å². The van der Waals surface area contributed by atoms with E-state index in [4.69, 9.17) is 14.2 Å². The third-order valence-corrected chi connectivity index (χ3v) is 10.6. The lowest BCUT2D eigenvalue weighted by molar-refractivity contribution is -0.166. The molecule has 6 nitrogen and oxygen atoms in total. The molecule has 0 aliphatic rings. The zero-order valence-electron chi connectivity index (χ0n) is 45.8. The molecule has 0 amide bonds. The second-order valence-electron chi connectivity index (χ2n) is 17.3. The van der Waals surface area contributed by atoms with Crippen molar-refractivity contribution in [1.82, 2.24) is 0 Å². The van der Waals surface area contributed by atoms with Crippen molar-refractivity contribution in [2.75, 3.05) is 13.2 Å². The molecule has 0 saturated carbocycles. The van der Waals surface area contributed by atoms with E-state index in [2.05, 4.69) is 191 Å². The molecular formula is C67H98O6. The topological polar surface area (TPSA) is 78.9 Å². The van der Waals surface area contributed by atoms with Crippen LogP contribution in [-0.4, -0.2) is 37.2 Å². The van der Waals surface area contributed by atoms with Gasteiger partial charge in [-0.25, -0.2) is 0 Å². The summed E-state index contributed by atoms with van der Waals surface area (Å²) in [6.07, 6.45) is 90.2. The number of rotatable bonds is 47. The van der Waals surface area contributed by atoms with Gasteiger partial charge in [-0.05, 0) is 135 Å². The van der Waals surface area contributed by atoms with Crippen LogP contribution in [0.5, 0.6) is 0 Å². The maximum Gasteiger partial charge on any atom is 0.306 e. The number of carbonyl (C=O) groups is 3. The Bertz CT molecular complexity index is 1810. The molecule has 1 unspecified atom stereocenters. The summed E-state index contributed by atoms with van der Waals surface area (Å²) in [7, 11) is 0. The van der Waals surface area contributed by atoms with Gasteiger partial charge >= 0.3 is 17.9 Å². The number of ether oxygens (including phenoxy) is 3. The SMILES string of the molecule is CC/C=C\C/C=C\C/C=C\C/C=C\C/C=C\C/C=C\CCCCCCC(=O)OCC(COC(=O)CC/C=C\C/C=C\C/C=C\C/C=C\CC)OC(=O)CC/C=C\C/C=C\C/C=C\C/C=C\C/C=C\C/C=C\CC. The van der Waals surface area contributed by atoms with Crippen LogP contribution in [0.2, 0.25) is 0 Å². The predicted octanol–water partition coefficient (Wildman–Crippen LogP) is 19.1. The van der Waals surface area contributed by atoms with E-state index in [9.17, 15) is 14.4 Å². The lowest BCUT2D eigenvalue weighted by Crippen LogP contribution is -2.30. The fourth-order valence-corrected chi connectivity index (χ4v) is 6.54. The molecule has 6 heteroatoms. The average molecular weight is 1000 g/mol. The van der Waals surface area contributed by atoms with Gasteiger partial charge in [0, 0.05) is 19.3 Å². The highest BCUT2D eigenvalue weighted by Crippen LogP contribution is 2.10. The Labute approximate surface area is 446 Å². The van der Waals surface area contributed by atoms with Crippen LogP contribution >= 0.6 is 0 Å². The monoisotopic (exact) mass is 999 g/mol. The van der Waals surface area contributed by atoms with Crippen molar-refractivity contribution in [3.8, 4) is 0 Å². The molecule has 0 aliphatic carbocycles. The Morgan fingerprint density at radius 2 is 0.521 bits per heavy atom. The van der Waals surface area contributed by atoms with Crippen LogP contribution in [0.25, 0.3) is 0 Å². The molecule has 0 spiro atoms. The summed E-state index contributed by atoms with van der Waals surface area (Å²) < 4.78 is 16.7. The standard InChI is InChI=1S/C67H98O6/c1-4-7-10-13-16-19-22-25-27-29-31-32-33-34-36-37-39-42-45-48-51-54-57-60-66(69)72-63-64(62-71-65(68)59-56-53-50-47-44-41-24-21-18-15-12-9-6-3)73-67(70)61-58-55-52-49-46-43-40-38-35-30-28-26-23-20-17-14-11-8-5-2/h7-12,16-21,25-28,31-32,34-36,38-39,41-44,46,50,52-53,55,64H,4-6,13-15,22-24,29-30,33,37,40,45,47-49,51,54,56-63H2,1-3H3/b10-7-,11-8-,12-9-,19-16-,20-17-,21-18-,27-25-,28-26-,32-31-,36-34-,38-35-,42-39-,44-41-,46-43-,53-50-,55-52-. The lowest BCUT2D eigenvalue weighted by atomic mass is 10.1. The van der Waals surface area contributed by atoms with E-state index in [1.807, 2.05) is 24.3 Å². The van der Waals surface area contributed by atoms with Crippen LogP contribution in [0, 0.1) is 0 Å². The first-order valence-corrected chi connectivity index (χ1v) is 27.9. The van der Waals surface area contributed by atoms with Crippen LogP contribution < -0.4 is 0 Å². The quantitative estimate of drug-likeness (QED) is 0.0262. The summed E-state index contributed by atoms with van der Waals surface area (Å²) in [5.41, 5.74) is 0. The summed E-state index contributed by atoms with van der Waals surface area (Å²) in [6, 6.07) is 0. The van der Waals surface area contributed by atoms with Gasteiger partial charge in [0.1, 0.15) is 13.2 Å². The van der Waals surface area contributed by atoms with Gasteiger partial charge in [-0.3, -0.25) is 14.4 Å². The second-order valence-corrected chi connectivity index (χ2v) is 17.3. The highest BCUT2D eigenvalue weighted by atomic mass is 16.6. The van der Waals surface area contributed by atoms with Crippen molar-refractivity contribution in [2.45, 2.75) is 194 Å². The minimum atomic E-state index is -0.871. The molecule has 0 aliphatic heterocycles. The first kappa shape index (κ1) is 67.2. The van der Waals surface area contributed by atoms with Crippen molar-refractivity contribution in [3.05, 3.63) is 194 Å². The molecule has 0 bridgehead atoms. The van der Waals surface area contributed by atoms with Gasteiger partial charge in [0.25, 0.3) is 0 Å². The third kappa shape index (κ3) is 57.0. The van der Waals surface area contributed by atoms with Gasteiger partial charge in [0.15, 0.2) is 6.10 Å². The van der Waals surface area contributed by atoms with E-state index >= 15 is 0 Å². The molecule has 0 saturated heterocycles. The highest BCUT2D eigenvalue weighted by Gasteiger charge is 2.19. The molecule has 0 radical (unpaired) electrons. The molecule has 0 aromatic carbocycles. The second kappa shape index (κ2) is 58.8. The molecule has 0 N–H and O–H groups in total. The van der Waals surface area contributed by atoms with E-state index in [-0.39, 0.29) is 38.4 Å². The molecule has 1 atom stereocenters. The normalized spacial score (nSPS) is 13.6. The van der Waals surface area contributed by atoms with E-state index in [0.29, 0.717) is 12.8 Å². The summed E-state index contributed by atoms with van der Waals surface area (Å²) >= 11 is 0. The van der Waals surface area contributed by atoms with Crippen molar-refractivity contribution in [1.29, 1.82) is 0 Å². The average Bonchev–Trinajstić information content (AvgIpc) is 3.39. The molecule has 73 heavy (non-hydrogen) atoms. The van der Waals surface area contributed by atoms with E-state index in [0.717, 1.165) is 135 Å². The molecular weight excluding hydrogens is 901 g/mol. The van der Waals surface area contributed by atoms with Crippen molar-refractivity contribution < 1.29 is 28.6 Å². The Hall–Kier alpha value is -5.75. The summed E-state index contributed by atoms with van der Waals surface area (Å²) in [5.74, 6) is -1.16. The summed E-state index contributed by atoms with van der Waals surface area (Å²) in [6.45, 7) is 6.11. The lowest BCUT2D eigenvalue weighted by Gasteiger charge is -2.18. The van der Waals surface area contributed by atoms with Crippen LogP contribution in [0.4, 0.5) is 0 Å². The van der Waals surface area contributed by atoms with Crippen LogP contribution in [-0.2, 0) is 28.6 Å². The maximum absolute atomic E-state index is 12.8. The van der Waals surface area contributed by atoms with Crippen molar-refractivity contribution >= 4 is 17.9 Å². The van der Waals surface area contributed by atoms with Gasteiger partial charge in [-0.2, -0.15) is 0 Å². The molecule has 0 aromatic rings. The zero-order valence-corrected chi connectivity index (χ0v) is 45.8. The number of unbranched alkanes of at least 4 members (excludes halogenated alkanes) is 4. The molecule has 0 heterocycles. The van der Waals surface area contributed by atoms with E-state index < -0.39 is 18.0 Å². The Morgan fingerprint density at radius 1 is 0.274 bits per heavy atom. The molecule has 0 fully saturated rings. The summed E-state index contributed by atoms with van der Waals surface area (Å²) in [5, 5.41) is 0. The Balaban J connectivity index is 4.64. The number of hydrogen-bond acceptors (Lipinski definition) is 6. The van der Waals surface area contributed by atoms with Gasteiger partial charge in [-0.1, -0.05) is 228 Å². The van der Waals surface area contributed by atoms with Crippen LogP contribution in [0.1, 0.15) is 188 Å². The number of carbonyl (C=O) groups excluding carboxylic acids is 3. The highest BCUT2D eigenvalue weighted by molar-refractivity contribution is 5.71. The van der Waals surface area contributed by atoms with Crippen LogP contribution in [0.15, 0.2) is 194 Å². The fourth-order valence-electron chi connectivity index (χ4n) is 6.54. The Kier molecular flexibility index (Phi) is 54.2. The number of esters is 3. The van der Waals surface area contributed by atoms with E-state index in [1.54, 1.807) is 0 Å².